The smallest absolute Gasteiger partial charge is 0.306 e. The highest BCUT2D eigenvalue weighted by Crippen LogP contribution is 1.97. The highest BCUT2D eigenvalue weighted by Gasteiger charge is 2.16. The lowest BCUT2D eigenvalue weighted by Gasteiger charge is -2.22. The summed E-state index contributed by atoms with van der Waals surface area (Å²) in [5.74, 6) is -0.321. The molecule has 0 bridgehead atoms. The number of likely N-dealkylation sites (N-methyl/N-ethyl adjacent to an activating group) is 2. The van der Waals surface area contributed by atoms with Crippen molar-refractivity contribution in [1.29, 1.82) is 0 Å². The largest absolute Gasteiger partial charge is 0.469 e. The van der Waals surface area contributed by atoms with E-state index >= 15 is 0 Å². The Kier molecular flexibility index (Phi) is 5.87. The molecule has 0 aromatic carbocycles. The van der Waals surface area contributed by atoms with Crippen LogP contribution < -0.4 is 5.32 Å². The van der Waals surface area contributed by atoms with E-state index in [2.05, 4.69) is 10.1 Å². The minimum absolute atomic E-state index is 0.0580. The van der Waals surface area contributed by atoms with Gasteiger partial charge in [0.25, 0.3) is 0 Å². The molecule has 0 aromatic heterocycles. The molecule has 0 saturated carbocycles. The molecule has 1 N–H and O–H groups in total. The summed E-state index contributed by atoms with van der Waals surface area (Å²) in [6.45, 7) is 2.30. The van der Waals surface area contributed by atoms with Gasteiger partial charge in [0.1, 0.15) is 0 Å². The van der Waals surface area contributed by atoms with Gasteiger partial charge in [-0.15, -0.1) is 0 Å². The molecular weight excluding hydrogens is 184 g/mol. The van der Waals surface area contributed by atoms with Crippen molar-refractivity contribution >= 4 is 11.9 Å². The Bertz CT molecular complexity index is 206. The second-order valence-electron chi connectivity index (χ2n) is 3.10. The van der Waals surface area contributed by atoms with Crippen LogP contribution in [0.5, 0.6) is 0 Å². The van der Waals surface area contributed by atoms with Crippen LogP contribution in [0.25, 0.3) is 0 Å². The van der Waals surface area contributed by atoms with Crippen LogP contribution >= 0.6 is 0 Å². The number of methoxy groups -OCH3 is 1. The average molecular weight is 202 g/mol. The molecule has 0 fully saturated rings. The number of carbonyl (C=O) groups is 2. The third-order valence-electron chi connectivity index (χ3n) is 2.18. The van der Waals surface area contributed by atoms with Gasteiger partial charge in [0.15, 0.2) is 0 Å². The number of ether oxygens (including phenoxy) is 1. The second kappa shape index (κ2) is 6.37. The molecule has 0 aliphatic heterocycles. The molecule has 0 spiro atoms. The summed E-state index contributed by atoms with van der Waals surface area (Å²) < 4.78 is 4.50. The minimum atomic E-state index is -0.263. The van der Waals surface area contributed by atoms with E-state index in [-0.39, 0.29) is 17.9 Å². The van der Waals surface area contributed by atoms with Gasteiger partial charge in [-0.05, 0) is 14.0 Å². The Morgan fingerprint density at radius 3 is 2.50 bits per heavy atom. The van der Waals surface area contributed by atoms with Gasteiger partial charge in [0, 0.05) is 13.6 Å². The van der Waals surface area contributed by atoms with Crippen molar-refractivity contribution in [1.82, 2.24) is 10.2 Å². The van der Waals surface area contributed by atoms with Crippen LogP contribution in [0.1, 0.15) is 13.3 Å². The number of nitrogens with one attached hydrogen (secondary N) is 1. The monoisotopic (exact) mass is 202 g/mol. The van der Waals surface area contributed by atoms with Gasteiger partial charge in [-0.1, -0.05) is 0 Å². The third kappa shape index (κ3) is 4.23. The lowest BCUT2D eigenvalue weighted by Crippen LogP contribution is -2.42. The van der Waals surface area contributed by atoms with E-state index in [1.54, 1.807) is 25.9 Å². The fourth-order valence-corrected chi connectivity index (χ4v) is 0.972. The molecule has 1 unspecified atom stereocenters. The summed E-state index contributed by atoms with van der Waals surface area (Å²) in [6.07, 6.45) is 0.300. The predicted molar refractivity (Wildman–Crippen MR) is 52.8 cm³/mol. The lowest BCUT2D eigenvalue weighted by atomic mass is 10.2. The number of carbonyl (C=O) groups excluding carboxylic acids is 2. The van der Waals surface area contributed by atoms with Crippen LogP contribution in [0, 0.1) is 0 Å². The maximum absolute atomic E-state index is 11.2. The van der Waals surface area contributed by atoms with E-state index < -0.39 is 0 Å². The molecule has 0 saturated heterocycles. The highest BCUT2D eigenvalue weighted by atomic mass is 16.5. The molecular formula is C9H18N2O3. The summed E-state index contributed by atoms with van der Waals surface area (Å²) in [5, 5.41) is 2.55. The van der Waals surface area contributed by atoms with E-state index in [1.807, 2.05) is 0 Å². The SMILES string of the molecule is CNC(=O)C(C)N(C)CCC(=O)OC. The summed E-state index contributed by atoms with van der Waals surface area (Å²) >= 11 is 0. The number of nitrogens with zero attached hydrogens (tertiary/aromatic N) is 1. The first-order chi connectivity index (χ1) is 6.52. The van der Waals surface area contributed by atoms with Gasteiger partial charge >= 0.3 is 5.97 Å². The van der Waals surface area contributed by atoms with E-state index in [4.69, 9.17) is 0 Å². The zero-order chi connectivity index (χ0) is 11.1. The molecule has 0 aliphatic carbocycles. The molecule has 82 valence electrons. The number of amides is 1. The molecule has 0 radical (unpaired) electrons. The van der Waals surface area contributed by atoms with Gasteiger partial charge < -0.3 is 10.1 Å². The molecule has 0 aromatic rings. The van der Waals surface area contributed by atoms with Crippen LogP contribution in [-0.2, 0) is 14.3 Å². The van der Waals surface area contributed by atoms with Crippen LogP contribution in [0.15, 0.2) is 0 Å². The number of hydrogen-bond acceptors (Lipinski definition) is 4. The standard InChI is InChI=1S/C9H18N2O3/c1-7(9(13)10-2)11(3)6-5-8(12)14-4/h7H,5-6H2,1-4H3,(H,10,13). The Balaban J connectivity index is 3.89. The van der Waals surface area contributed by atoms with Crippen LogP contribution in [0.4, 0.5) is 0 Å². The zero-order valence-electron chi connectivity index (χ0n) is 9.16. The molecule has 0 rings (SSSR count). The first-order valence-electron chi connectivity index (χ1n) is 4.51. The van der Waals surface area contributed by atoms with E-state index in [1.165, 1.54) is 7.11 Å². The highest BCUT2D eigenvalue weighted by molar-refractivity contribution is 5.81. The van der Waals surface area contributed by atoms with Crippen molar-refractivity contribution in [2.24, 2.45) is 0 Å². The quantitative estimate of drug-likeness (QED) is 0.617. The van der Waals surface area contributed by atoms with Crippen molar-refractivity contribution in [2.45, 2.75) is 19.4 Å². The van der Waals surface area contributed by atoms with Crippen LogP contribution in [0.3, 0.4) is 0 Å². The van der Waals surface area contributed by atoms with Crippen LogP contribution in [0.2, 0.25) is 0 Å². The number of hydrogen-bond donors (Lipinski definition) is 1. The van der Waals surface area contributed by atoms with Crippen molar-refractivity contribution in [3.8, 4) is 0 Å². The lowest BCUT2D eigenvalue weighted by molar-refractivity contribution is -0.141. The maximum Gasteiger partial charge on any atom is 0.306 e. The summed E-state index contributed by atoms with van der Waals surface area (Å²) in [6, 6.07) is -0.232. The van der Waals surface area contributed by atoms with Gasteiger partial charge in [-0.3, -0.25) is 14.5 Å². The van der Waals surface area contributed by atoms with Gasteiger partial charge in [0.2, 0.25) is 5.91 Å². The van der Waals surface area contributed by atoms with E-state index in [0.29, 0.717) is 13.0 Å². The molecule has 0 heterocycles. The van der Waals surface area contributed by atoms with E-state index in [0.717, 1.165) is 0 Å². The normalized spacial score (nSPS) is 12.4. The maximum atomic E-state index is 11.2. The van der Waals surface area contributed by atoms with Gasteiger partial charge in [-0.25, -0.2) is 0 Å². The Morgan fingerprint density at radius 1 is 1.50 bits per heavy atom. The fourth-order valence-electron chi connectivity index (χ4n) is 0.972. The number of rotatable bonds is 5. The van der Waals surface area contributed by atoms with Gasteiger partial charge in [0.05, 0.1) is 19.6 Å². The summed E-state index contributed by atoms with van der Waals surface area (Å²) in [7, 11) is 4.74. The van der Waals surface area contributed by atoms with Crippen molar-refractivity contribution in [3.63, 3.8) is 0 Å². The average Bonchev–Trinajstić information content (AvgIpc) is 2.22. The van der Waals surface area contributed by atoms with E-state index in [9.17, 15) is 9.59 Å². The topological polar surface area (TPSA) is 58.6 Å². The van der Waals surface area contributed by atoms with Crippen LogP contribution in [-0.4, -0.2) is 50.6 Å². The molecule has 5 heteroatoms. The van der Waals surface area contributed by atoms with Gasteiger partial charge in [-0.2, -0.15) is 0 Å². The van der Waals surface area contributed by atoms with Crippen molar-refractivity contribution in [3.05, 3.63) is 0 Å². The molecule has 14 heavy (non-hydrogen) atoms. The first-order valence-corrected chi connectivity index (χ1v) is 4.51. The molecule has 1 amide bonds. The Morgan fingerprint density at radius 2 is 2.07 bits per heavy atom. The van der Waals surface area contributed by atoms with Crippen molar-refractivity contribution in [2.75, 3.05) is 27.7 Å². The molecule has 5 nitrogen and oxygen atoms in total. The zero-order valence-corrected chi connectivity index (χ0v) is 9.16. The number of esters is 1. The third-order valence-corrected chi connectivity index (χ3v) is 2.18. The molecule has 1 atom stereocenters. The predicted octanol–water partition coefficient (Wildman–Crippen LogP) is -0.384. The second-order valence-corrected chi connectivity index (χ2v) is 3.10. The fraction of sp³-hybridized carbons (Fsp3) is 0.778. The summed E-state index contributed by atoms with van der Waals surface area (Å²) in [4.78, 5) is 23.8. The Labute approximate surface area is 84.4 Å². The summed E-state index contributed by atoms with van der Waals surface area (Å²) in [5.41, 5.74) is 0. The minimum Gasteiger partial charge on any atom is -0.469 e. The van der Waals surface area contributed by atoms with Crippen molar-refractivity contribution < 1.29 is 14.3 Å². The first kappa shape index (κ1) is 12.9. The Hall–Kier alpha value is -1.10. The molecule has 0 aliphatic rings.